The summed E-state index contributed by atoms with van der Waals surface area (Å²) in [5.74, 6) is -0.824. The minimum Gasteiger partial charge on any atom is -0.445 e. The summed E-state index contributed by atoms with van der Waals surface area (Å²) in [5, 5.41) is 17.5. The number of aliphatic hydroxyl groups is 1. The summed E-state index contributed by atoms with van der Waals surface area (Å²) >= 11 is 0. The van der Waals surface area contributed by atoms with Crippen LogP contribution in [0.4, 0.5) is 9.59 Å². The van der Waals surface area contributed by atoms with Crippen LogP contribution < -0.4 is 10.6 Å². The number of rotatable bonds is 13. The van der Waals surface area contributed by atoms with Crippen LogP contribution in [-0.2, 0) is 32.1 Å². The van der Waals surface area contributed by atoms with E-state index in [9.17, 15) is 24.3 Å². The Bertz CT molecular complexity index is 1370. The number of amides is 4. The van der Waals surface area contributed by atoms with Crippen molar-refractivity contribution in [2.75, 3.05) is 19.6 Å². The molecular formula is C38H56N4O7. The molecule has 1 fully saturated rings. The minimum absolute atomic E-state index is 0.0699. The number of likely N-dealkylation sites (tertiary alicyclic amines) is 1. The summed E-state index contributed by atoms with van der Waals surface area (Å²) in [6, 6.07) is 16.2. The third-order valence-corrected chi connectivity index (χ3v) is 8.15. The van der Waals surface area contributed by atoms with Crippen molar-refractivity contribution in [2.45, 2.75) is 111 Å². The largest absolute Gasteiger partial charge is 0.445 e. The van der Waals surface area contributed by atoms with Gasteiger partial charge in [-0.3, -0.25) is 14.5 Å². The maximum Gasteiger partial charge on any atom is 0.410 e. The molecule has 2 aromatic carbocycles. The Morgan fingerprint density at radius 1 is 0.898 bits per heavy atom. The van der Waals surface area contributed by atoms with Crippen molar-refractivity contribution in [3.63, 3.8) is 0 Å². The van der Waals surface area contributed by atoms with Crippen molar-refractivity contribution in [1.82, 2.24) is 20.4 Å². The predicted octanol–water partition coefficient (Wildman–Crippen LogP) is 5.30. The van der Waals surface area contributed by atoms with E-state index in [-0.39, 0.29) is 25.5 Å². The maximum absolute atomic E-state index is 14.1. The Kier molecular flexibility index (Phi) is 14.1. The Hall–Kier alpha value is -4.12. The molecule has 1 heterocycles. The first kappa shape index (κ1) is 39.3. The van der Waals surface area contributed by atoms with Gasteiger partial charge in [-0.2, -0.15) is 0 Å². The van der Waals surface area contributed by atoms with Crippen LogP contribution in [0.2, 0.25) is 0 Å². The fraction of sp³-hybridized carbons (Fsp3) is 0.579. The predicted molar refractivity (Wildman–Crippen MR) is 188 cm³/mol. The van der Waals surface area contributed by atoms with E-state index >= 15 is 0 Å². The number of benzene rings is 2. The normalized spacial score (nSPS) is 16.8. The van der Waals surface area contributed by atoms with Crippen LogP contribution in [0.5, 0.6) is 0 Å². The molecule has 1 saturated heterocycles. The van der Waals surface area contributed by atoms with Crippen molar-refractivity contribution < 1.29 is 33.8 Å². The molecule has 0 radical (unpaired) electrons. The molecule has 49 heavy (non-hydrogen) atoms. The van der Waals surface area contributed by atoms with Crippen molar-refractivity contribution in [1.29, 1.82) is 0 Å². The highest BCUT2D eigenvalue weighted by atomic mass is 16.6. The van der Waals surface area contributed by atoms with Crippen molar-refractivity contribution in [3.05, 3.63) is 71.8 Å². The van der Waals surface area contributed by atoms with E-state index in [0.29, 0.717) is 25.9 Å². The van der Waals surface area contributed by atoms with Crippen LogP contribution in [0.15, 0.2) is 60.7 Å². The smallest absolute Gasteiger partial charge is 0.410 e. The van der Waals surface area contributed by atoms with Crippen molar-refractivity contribution >= 4 is 24.0 Å². The fourth-order valence-corrected chi connectivity index (χ4v) is 5.74. The second kappa shape index (κ2) is 17.5. The summed E-state index contributed by atoms with van der Waals surface area (Å²) in [5.41, 5.74) is 0.276. The van der Waals surface area contributed by atoms with Crippen LogP contribution in [0.1, 0.15) is 79.4 Å². The first-order valence-electron chi connectivity index (χ1n) is 17.2. The SMILES string of the molecule is CC(C)CN(C[C@@H](O)[C@H](Cc1ccccc1)NC(=O)[C@@H](NC(=O)C1CCCN1C(=O)OCc1ccccc1)C(C)(C)C)C(=O)OC(C)(C)C. The fourth-order valence-electron chi connectivity index (χ4n) is 5.74. The zero-order valence-corrected chi connectivity index (χ0v) is 30.4. The lowest BCUT2D eigenvalue weighted by atomic mass is 9.85. The number of ether oxygens (including phenoxy) is 2. The number of carbonyl (C=O) groups excluding carboxylic acids is 4. The first-order chi connectivity index (χ1) is 22.9. The van der Waals surface area contributed by atoms with Gasteiger partial charge >= 0.3 is 12.2 Å². The van der Waals surface area contributed by atoms with Crippen LogP contribution in [0.25, 0.3) is 0 Å². The molecule has 0 aliphatic carbocycles. The minimum atomic E-state index is -1.16. The number of nitrogens with zero attached hydrogens (tertiary/aromatic N) is 2. The molecule has 270 valence electrons. The summed E-state index contributed by atoms with van der Waals surface area (Å²) in [6.07, 6.45) is -0.937. The molecule has 4 atom stereocenters. The molecular weight excluding hydrogens is 624 g/mol. The highest BCUT2D eigenvalue weighted by molar-refractivity contribution is 5.92. The standard InChI is InChI=1S/C38H56N4O7/c1-26(2)23-41(35(46)49-38(6,7)8)24-31(43)29(22-27-16-11-9-12-17-27)39-34(45)32(37(3,4)5)40-33(44)30-20-15-21-42(30)36(47)48-25-28-18-13-10-14-19-28/h9-14,16-19,26,29-32,43H,15,20-25H2,1-8H3,(H,39,45)(H,40,44)/t29-,30?,31+,32+/m0/s1. The first-order valence-corrected chi connectivity index (χ1v) is 17.2. The monoisotopic (exact) mass is 680 g/mol. The molecule has 0 saturated carbocycles. The van der Waals surface area contributed by atoms with Gasteiger partial charge in [0.05, 0.1) is 18.7 Å². The Balaban J connectivity index is 1.78. The molecule has 3 rings (SSSR count). The maximum atomic E-state index is 14.1. The summed E-state index contributed by atoms with van der Waals surface area (Å²) in [4.78, 5) is 56.8. The lowest BCUT2D eigenvalue weighted by Crippen LogP contribution is -2.60. The second-order valence-electron chi connectivity index (χ2n) is 15.4. The van der Waals surface area contributed by atoms with E-state index in [4.69, 9.17) is 9.47 Å². The molecule has 3 N–H and O–H groups in total. The van der Waals surface area contributed by atoms with Gasteiger partial charge in [0.25, 0.3) is 0 Å². The van der Waals surface area contributed by atoms with Crippen molar-refractivity contribution in [2.24, 2.45) is 11.3 Å². The number of hydrogen-bond donors (Lipinski definition) is 3. The number of carbonyl (C=O) groups is 4. The van der Waals surface area contributed by atoms with Gasteiger partial charge in [0.15, 0.2) is 0 Å². The van der Waals surface area contributed by atoms with Gasteiger partial charge in [0.2, 0.25) is 11.8 Å². The lowest BCUT2D eigenvalue weighted by molar-refractivity contribution is -0.134. The molecule has 1 aliphatic heterocycles. The molecule has 0 aromatic heterocycles. The van der Waals surface area contributed by atoms with E-state index in [1.807, 2.05) is 95.3 Å². The van der Waals surface area contributed by atoms with E-state index in [1.54, 1.807) is 20.8 Å². The molecule has 11 nitrogen and oxygen atoms in total. The van der Waals surface area contributed by atoms with Crippen LogP contribution in [0, 0.1) is 11.3 Å². The zero-order chi connectivity index (χ0) is 36.4. The van der Waals surface area contributed by atoms with E-state index < -0.39 is 59.2 Å². The van der Waals surface area contributed by atoms with Gasteiger partial charge in [-0.05, 0) is 62.5 Å². The summed E-state index contributed by atoms with van der Waals surface area (Å²) in [7, 11) is 0. The highest BCUT2D eigenvalue weighted by Crippen LogP contribution is 2.24. The summed E-state index contributed by atoms with van der Waals surface area (Å²) in [6.45, 7) is 15.6. The number of hydrogen-bond acceptors (Lipinski definition) is 7. The number of nitrogens with one attached hydrogen (secondary N) is 2. The quantitative estimate of drug-likeness (QED) is 0.261. The van der Waals surface area contributed by atoms with E-state index in [0.717, 1.165) is 11.1 Å². The van der Waals surface area contributed by atoms with Gasteiger partial charge in [-0.15, -0.1) is 0 Å². The summed E-state index contributed by atoms with van der Waals surface area (Å²) < 4.78 is 11.1. The van der Waals surface area contributed by atoms with Crippen LogP contribution in [-0.4, -0.2) is 88.4 Å². The van der Waals surface area contributed by atoms with Crippen LogP contribution >= 0.6 is 0 Å². The van der Waals surface area contributed by atoms with Gasteiger partial charge < -0.3 is 30.1 Å². The third-order valence-electron chi connectivity index (χ3n) is 8.15. The lowest BCUT2D eigenvalue weighted by Gasteiger charge is -2.36. The van der Waals surface area contributed by atoms with Gasteiger partial charge in [0, 0.05) is 13.1 Å². The third kappa shape index (κ3) is 12.7. The Labute approximate surface area is 291 Å². The average molecular weight is 681 g/mol. The van der Waals surface area contributed by atoms with Crippen molar-refractivity contribution in [3.8, 4) is 0 Å². The molecule has 0 spiro atoms. The van der Waals surface area contributed by atoms with E-state index in [1.165, 1.54) is 9.80 Å². The molecule has 4 amide bonds. The van der Waals surface area contributed by atoms with Gasteiger partial charge in [-0.25, -0.2) is 9.59 Å². The number of aliphatic hydroxyl groups excluding tert-OH is 1. The topological polar surface area (TPSA) is 138 Å². The molecule has 1 unspecified atom stereocenters. The molecule has 2 aromatic rings. The van der Waals surface area contributed by atoms with Gasteiger partial charge in [-0.1, -0.05) is 95.3 Å². The Morgan fingerprint density at radius 3 is 2.04 bits per heavy atom. The van der Waals surface area contributed by atoms with Gasteiger partial charge in [0.1, 0.15) is 24.3 Å². The Morgan fingerprint density at radius 2 is 1.49 bits per heavy atom. The van der Waals surface area contributed by atoms with Crippen LogP contribution in [0.3, 0.4) is 0 Å². The molecule has 0 bridgehead atoms. The zero-order valence-electron chi connectivity index (χ0n) is 30.4. The average Bonchev–Trinajstić information content (AvgIpc) is 3.51. The second-order valence-corrected chi connectivity index (χ2v) is 15.4. The molecule has 1 aliphatic rings. The molecule has 11 heteroatoms. The van der Waals surface area contributed by atoms with E-state index in [2.05, 4.69) is 10.6 Å². The highest BCUT2D eigenvalue weighted by Gasteiger charge is 2.41.